The van der Waals surface area contributed by atoms with E-state index in [2.05, 4.69) is 5.32 Å². The third-order valence-electron chi connectivity index (χ3n) is 3.61. The lowest BCUT2D eigenvalue weighted by Gasteiger charge is -2.15. The average molecular weight is 336 g/mol. The molecule has 2 aromatic rings. The van der Waals surface area contributed by atoms with Crippen molar-refractivity contribution in [2.75, 3.05) is 7.11 Å². The Morgan fingerprint density at radius 2 is 1.96 bits per heavy atom. The maximum atomic E-state index is 13.7. The van der Waals surface area contributed by atoms with Crippen molar-refractivity contribution in [3.05, 3.63) is 64.4 Å². The van der Waals surface area contributed by atoms with Crippen molar-refractivity contribution >= 4 is 17.5 Å². The Labute approximate surface area is 140 Å². The van der Waals surface area contributed by atoms with E-state index in [1.54, 1.807) is 24.3 Å². The normalized spacial score (nSPS) is 11.8. The molecule has 0 aliphatic carbocycles. The Kier molecular flexibility index (Phi) is 5.99. The van der Waals surface area contributed by atoms with Gasteiger partial charge in [-0.15, -0.1) is 0 Å². The summed E-state index contributed by atoms with van der Waals surface area (Å²) in [7, 11) is 1.42. The fraction of sp³-hybridized carbons (Fsp3) is 0.278. The van der Waals surface area contributed by atoms with E-state index >= 15 is 0 Å². The van der Waals surface area contributed by atoms with Gasteiger partial charge in [-0.1, -0.05) is 29.8 Å². The molecule has 0 spiro atoms. The molecule has 0 aliphatic heterocycles. The standard InChI is InChI=1S/C18H19ClFNO2/c1-12(14-6-9-17(23-2)16(20)11-14)21-18(22)10-5-13-3-7-15(19)8-4-13/h3-4,6-9,11-12H,5,10H2,1-2H3,(H,21,22). The van der Waals surface area contributed by atoms with Gasteiger partial charge in [0.1, 0.15) is 0 Å². The Bertz CT molecular complexity index is 673. The Hall–Kier alpha value is -2.07. The molecule has 1 N–H and O–H groups in total. The molecular weight excluding hydrogens is 317 g/mol. The number of amides is 1. The van der Waals surface area contributed by atoms with E-state index < -0.39 is 5.82 Å². The van der Waals surface area contributed by atoms with Crippen LogP contribution in [0.2, 0.25) is 5.02 Å². The minimum absolute atomic E-state index is 0.0799. The third-order valence-corrected chi connectivity index (χ3v) is 3.86. The quantitative estimate of drug-likeness (QED) is 0.854. The first kappa shape index (κ1) is 17.3. The van der Waals surface area contributed by atoms with Crippen molar-refractivity contribution in [2.45, 2.75) is 25.8 Å². The van der Waals surface area contributed by atoms with Crippen LogP contribution in [0.25, 0.3) is 0 Å². The molecule has 0 aromatic heterocycles. The summed E-state index contributed by atoms with van der Waals surface area (Å²) in [5, 5.41) is 3.54. The largest absolute Gasteiger partial charge is 0.494 e. The molecular formula is C18H19ClFNO2. The van der Waals surface area contributed by atoms with Crippen LogP contribution in [-0.2, 0) is 11.2 Å². The molecule has 2 aromatic carbocycles. The monoisotopic (exact) mass is 335 g/mol. The van der Waals surface area contributed by atoms with Crippen LogP contribution in [0.5, 0.6) is 5.75 Å². The van der Waals surface area contributed by atoms with Gasteiger partial charge in [0.05, 0.1) is 13.2 Å². The van der Waals surface area contributed by atoms with Crippen LogP contribution in [0.15, 0.2) is 42.5 Å². The zero-order valence-electron chi connectivity index (χ0n) is 13.1. The van der Waals surface area contributed by atoms with Gasteiger partial charge in [0.2, 0.25) is 5.91 Å². The number of carbonyl (C=O) groups is 1. The highest BCUT2D eigenvalue weighted by Crippen LogP contribution is 2.21. The topological polar surface area (TPSA) is 38.3 Å². The van der Waals surface area contributed by atoms with E-state index in [0.29, 0.717) is 23.4 Å². The van der Waals surface area contributed by atoms with Crippen molar-refractivity contribution in [1.82, 2.24) is 5.32 Å². The van der Waals surface area contributed by atoms with E-state index in [9.17, 15) is 9.18 Å². The predicted octanol–water partition coefficient (Wildman–Crippen LogP) is 4.30. The second-order valence-electron chi connectivity index (χ2n) is 5.31. The van der Waals surface area contributed by atoms with Crippen LogP contribution in [0.1, 0.15) is 30.5 Å². The molecule has 1 unspecified atom stereocenters. The van der Waals surface area contributed by atoms with Crippen LogP contribution in [0.4, 0.5) is 4.39 Å². The molecule has 3 nitrogen and oxygen atoms in total. The van der Waals surface area contributed by atoms with Gasteiger partial charge in [-0.25, -0.2) is 4.39 Å². The summed E-state index contributed by atoms with van der Waals surface area (Å²) in [5.74, 6) is -0.328. The summed E-state index contributed by atoms with van der Waals surface area (Å²) >= 11 is 5.83. The lowest BCUT2D eigenvalue weighted by atomic mass is 10.1. The molecule has 5 heteroatoms. The summed E-state index contributed by atoms with van der Waals surface area (Å²) in [6.07, 6.45) is 0.997. The van der Waals surface area contributed by atoms with Crippen molar-refractivity contribution in [3.8, 4) is 5.75 Å². The molecule has 0 aliphatic rings. The number of aryl methyl sites for hydroxylation is 1. The Balaban J connectivity index is 1.89. The summed E-state index contributed by atoms with van der Waals surface area (Å²) in [5.41, 5.74) is 1.75. The summed E-state index contributed by atoms with van der Waals surface area (Å²) in [4.78, 5) is 12.0. The minimum atomic E-state index is -0.438. The maximum absolute atomic E-state index is 13.7. The van der Waals surface area contributed by atoms with E-state index in [-0.39, 0.29) is 17.7 Å². The molecule has 2 rings (SSSR count). The first-order chi connectivity index (χ1) is 11.0. The van der Waals surface area contributed by atoms with Gasteiger partial charge in [-0.2, -0.15) is 0 Å². The van der Waals surface area contributed by atoms with Crippen LogP contribution >= 0.6 is 11.6 Å². The fourth-order valence-electron chi connectivity index (χ4n) is 2.26. The number of benzene rings is 2. The first-order valence-electron chi connectivity index (χ1n) is 7.37. The average Bonchev–Trinajstić information content (AvgIpc) is 2.54. The second-order valence-corrected chi connectivity index (χ2v) is 5.75. The number of methoxy groups -OCH3 is 1. The summed E-state index contributed by atoms with van der Waals surface area (Å²) in [6, 6.07) is 11.8. The number of hydrogen-bond acceptors (Lipinski definition) is 2. The Morgan fingerprint density at radius 1 is 1.26 bits per heavy atom. The van der Waals surface area contributed by atoms with E-state index in [1.807, 2.05) is 19.1 Å². The highest BCUT2D eigenvalue weighted by atomic mass is 35.5. The highest BCUT2D eigenvalue weighted by Gasteiger charge is 2.12. The summed E-state index contributed by atoms with van der Waals surface area (Å²) < 4.78 is 18.6. The minimum Gasteiger partial charge on any atom is -0.494 e. The molecule has 1 amide bonds. The highest BCUT2D eigenvalue weighted by molar-refractivity contribution is 6.30. The van der Waals surface area contributed by atoms with Crippen LogP contribution in [-0.4, -0.2) is 13.0 Å². The number of halogens is 2. The lowest BCUT2D eigenvalue weighted by molar-refractivity contribution is -0.121. The van der Waals surface area contributed by atoms with Crippen molar-refractivity contribution < 1.29 is 13.9 Å². The zero-order valence-corrected chi connectivity index (χ0v) is 13.9. The molecule has 0 bridgehead atoms. The maximum Gasteiger partial charge on any atom is 0.220 e. The molecule has 0 heterocycles. The van der Waals surface area contributed by atoms with Crippen LogP contribution in [0, 0.1) is 5.82 Å². The van der Waals surface area contributed by atoms with Crippen LogP contribution < -0.4 is 10.1 Å². The van der Waals surface area contributed by atoms with Crippen molar-refractivity contribution in [3.63, 3.8) is 0 Å². The van der Waals surface area contributed by atoms with Crippen LogP contribution in [0.3, 0.4) is 0 Å². The third kappa shape index (κ3) is 4.96. The van der Waals surface area contributed by atoms with Gasteiger partial charge < -0.3 is 10.1 Å². The number of rotatable bonds is 6. The smallest absolute Gasteiger partial charge is 0.220 e. The molecule has 0 saturated heterocycles. The number of ether oxygens (including phenoxy) is 1. The van der Waals surface area contributed by atoms with E-state index in [1.165, 1.54) is 13.2 Å². The number of carbonyl (C=O) groups excluding carboxylic acids is 1. The molecule has 0 saturated carbocycles. The van der Waals surface area contributed by atoms with Gasteiger partial charge in [0.25, 0.3) is 0 Å². The number of hydrogen-bond donors (Lipinski definition) is 1. The van der Waals surface area contributed by atoms with E-state index in [0.717, 1.165) is 5.56 Å². The van der Waals surface area contributed by atoms with Gasteiger partial charge in [-0.3, -0.25) is 4.79 Å². The molecule has 122 valence electrons. The van der Waals surface area contributed by atoms with Crippen molar-refractivity contribution in [1.29, 1.82) is 0 Å². The molecule has 23 heavy (non-hydrogen) atoms. The first-order valence-corrected chi connectivity index (χ1v) is 7.74. The molecule has 0 fully saturated rings. The van der Waals surface area contributed by atoms with Gasteiger partial charge >= 0.3 is 0 Å². The van der Waals surface area contributed by atoms with Gasteiger partial charge in [0.15, 0.2) is 11.6 Å². The van der Waals surface area contributed by atoms with Gasteiger partial charge in [-0.05, 0) is 48.7 Å². The molecule has 0 radical (unpaired) electrons. The van der Waals surface area contributed by atoms with Gasteiger partial charge in [0, 0.05) is 11.4 Å². The van der Waals surface area contributed by atoms with Crippen molar-refractivity contribution in [2.24, 2.45) is 0 Å². The zero-order chi connectivity index (χ0) is 16.8. The lowest BCUT2D eigenvalue weighted by Crippen LogP contribution is -2.26. The van der Waals surface area contributed by atoms with E-state index in [4.69, 9.17) is 16.3 Å². The Morgan fingerprint density at radius 3 is 2.57 bits per heavy atom. The summed E-state index contributed by atoms with van der Waals surface area (Å²) in [6.45, 7) is 1.82. The second kappa shape index (κ2) is 7.97. The predicted molar refractivity (Wildman–Crippen MR) is 89.3 cm³/mol. The SMILES string of the molecule is COc1ccc(C(C)NC(=O)CCc2ccc(Cl)cc2)cc1F. The number of nitrogens with one attached hydrogen (secondary N) is 1. The fourth-order valence-corrected chi connectivity index (χ4v) is 2.38. The molecule has 1 atom stereocenters.